The Hall–Kier alpha value is -1.14. The Morgan fingerprint density at radius 2 is 2.11 bits per heavy atom. The summed E-state index contributed by atoms with van der Waals surface area (Å²) in [7, 11) is 0. The van der Waals surface area contributed by atoms with Crippen molar-refractivity contribution in [2.24, 2.45) is 11.8 Å². The van der Waals surface area contributed by atoms with Crippen molar-refractivity contribution in [2.75, 3.05) is 26.2 Å². The maximum Gasteiger partial charge on any atom is 0.321 e. The molecule has 6 nitrogen and oxygen atoms in total. The molecule has 0 bridgehead atoms. The van der Waals surface area contributed by atoms with Crippen molar-refractivity contribution in [3.63, 3.8) is 0 Å². The molecule has 1 aliphatic heterocycles. The van der Waals surface area contributed by atoms with E-state index in [-0.39, 0.29) is 18.4 Å². The molecule has 0 aromatic heterocycles. The fourth-order valence-electron chi connectivity index (χ4n) is 1.97. The van der Waals surface area contributed by atoms with E-state index in [1.165, 1.54) is 0 Å². The number of urea groups is 1. The highest BCUT2D eigenvalue weighted by atomic mass is 16.3. The second-order valence-corrected chi connectivity index (χ2v) is 5.72. The van der Waals surface area contributed by atoms with Crippen LogP contribution in [0.15, 0.2) is 0 Å². The van der Waals surface area contributed by atoms with E-state index < -0.39 is 12.1 Å². The second-order valence-electron chi connectivity index (χ2n) is 5.72. The van der Waals surface area contributed by atoms with Crippen LogP contribution in [0.25, 0.3) is 0 Å². The fraction of sp³-hybridized carbons (Fsp3) is 0.846. The maximum absolute atomic E-state index is 11.7. The van der Waals surface area contributed by atoms with Gasteiger partial charge in [-0.2, -0.15) is 0 Å². The molecule has 0 aromatic rings. The monoisotopic (exact) mass is 271 g/mol. The zero-order chi connectivity index (χ0) is 14.4. The molecule has 3 amide bonds. The van der Waals surface area contributed by atoms with Crippen LogP contribution in [-0.2, 0) is 4.79 Å². The molecule has 3 N–H and O–H groups in total. The van der Waals surface area contributed by atoms with Gasteiger partial charge in [-0.25, -0.2) is 4.79 Å². The molecule has 2 atom stereocenters. The van der Waals surface area contributed by atoms with Gasteiger partial charge in [-0.1, -0.05) is 20.8 Å². The minimum atomic E-state index is -0.454. The van der Waals surface area contributed by atoms with E-state index in [9.17, 15) is 14.7 Å². The van der Waals surface area contributed by atoms with Crippen LogP contribution in [0.5, 0.6) is 0 Å². The number of piperidine rings is 1. The average Bonchev–Trinajstić information content (AvgIpc) is 2.31. The molecule has 110 valence electrons. The quantitative estimate of drug-likeness (QED) is 0.681. The van der Waals surface area contributed by atoms with E-state index in [0.717, 1.165) is 13.0 Å². The first-order valence-electron chi connectivity index (χ1n) is 6.86. The summed E-state index contributed by atoms with van der Waals surface area (Å²) < 4.78 is 0. The van der Waals surface area contributed by atoms with Crippen molar-refractivity contribution in [3.05, 3.63) is 0 Å². The summed E-state index contributed by atoms with van der Waals surface area (Å²) >= 11 is 0. The number of hydrogen-bond acceptors (Lipinski definition) is 4. The van der Waals surface area contributed by atoms with Crippen LogP contribution in [-0.4, -0.2) is 54.2 Å². The molecule has 6 heteroatoms. The Bertz CT molecular complexity index is 320. The number of nitrogens with one attached hydrogen (secondary N) is 2. The van der Waals surface area contributed by atoms with E-state index in [4.69, 9.17) is 0 Å². The molecule has 1 heterocycles. The summed E-state index contributed by atoms with van der Waals surface area (Å²) in [6.07, 6.45) is 0.477. The summed E-state index contributed by atoms with van der Waals surface area (Å²) in [4.78, 5) is 24.9. The Labute approximate surface area is 114 Å². The third-order valence-electron chi connectivity index (χ3n) is 3.29. The number of aliphatic hydroxyl groups is 1. The number of carbonyl (C=O) groups is 2. The number of aliphatic hydroxyl groups excluding tert-OH is 1. The van der Waals surface area contributed by atoms with Gasteiger partial charge in [-0.3, -0.25) is 15.0 Å². The molecular formula is C13H25N3O3. The van der Waals surface area contributed by atoms with Gasteiger partial charge in [0.15, 0.2) is 0 Å². The van der Waals surface area contributed by atoms with Gasteiger partial charge < -0.3 is 10.4 Å². The average molecular weight is 271 g/mol. The van der Waals surface area contributed by atoms with Gasteiger partial charge in [-0.05, 0) is 24.8 Å². The Balaban J connectivity index is 2.25. The minimum absolute atomic E-state index is 0.152. The van der Waals surface area contributed by atoms with Crippen LogP contribution >= 0.6 is 0 Å². The third-order valence-corrected chi connectivity index (χ3v) is 3.29. The van der Waals surface area contributed by atoms with E-state index in [1.807, 2.05) is 25.7 Å². The lowest BCUT2D eigenvalue weighted by Gasteiger charge is -2.33. The number of rotatable bonds is 4. The number of likely N-dealkylation sites (tertiary alicyclic amines) is 1. The Morgan fingerprint density at radius 3 is 2.68 bits per heavy atom. The van der Waals surface area contributed by atoms with Gasteiger partial charge in [-0.15, -0.1) is 0 Å². The van der Waals surface area contributed by atoms with Crippen molar-refractivity contribution >= 4 is 11.9 Å². The van der Waals surface area contributed by atoms with E-state index in [2.05, 4.69) is 10.6 Å². The molecule has 1 fully saturated rings. The lowest BCUT2D eigenvalue weighted by Crippen LogP contribution is -2.49. The SMILES string of the molecule is CC(C)CNC(=O)NC(=O)CN1CCC(C)C(O)C1. The molecule has 19 heavy (non-hydrogen) atoms. The molecule has 0 spiro atoms. The van der Waals surface area contributed by atoms with Crippen molar-refractivity contribution < 1.29 is 14.7 Å². The highest BCUT2D eigenvalue weighted by Crippen LogP contribution is 2.16. The molecular weight excluding hydrogens is 246 g/mol. The van der Waals surface area contributed by atoms with Crippen molar-refractivity contribution in [3.8, 4) is 0 Å². The number of amides is 3. The van der Waals surface area contributed by atoms with E-state index in [1.54, 1.807) is 0 Å². The van der Waals surface area contributed by atoms with Crippen LogP contribution in [0, 0.1) is 11.8 Å². The number of carbonyl (C=O) groups excluding carboxylic acids is 2. The van der Waals surface area contributed by atoms with Gasteiger partial charge in [0.1, 0.15) is 0 Å². The lowest BCUT2D eigenvalue weighted by atomic mass is 9.96. The van der Waals surface area contributed by atoms with Crippen LogP contribution in [0.2, 0.25) is 0 Å². The second kappa shape index (κ2) is 7.45. The molecule has 2 unspecified atom stereocenters. The summed E-state index contributed by atoms with van der Waals surface area (Å²) in [6.45, 7) is 7.93. The Kier molecular flexibility index (Phi) is 6.24. The van der Waals surface area contributed by atoms with Gasteiger partial charge in [0, 0.05) is 13.1 Å². The number of β-amino-alcohol motifs (C(OH)–C–C–N with tert-alkyl or cyclic N) is 1. The standard InChI is InChI=1S/C13H25N3O3/c1-9(2)6-14-13(19)15-12(18)8-16-5-4-10(3)11(17)7-16/h9-11,17H,4-8H2,1-3H3,(H2,14,15,18,19). The first-order chi connectivity index (χ1) is 8.88. The van der Waals surface area contributed by atoms with Gasteiger partial charge >= 0.3 is 6.03 Å². The van der Waals surface area contributed by atoms with Crippen LogP contribution in [0.4, 0.5) is 4.79 Å². The number of nitrogens with zero attached hydrogens (tertiary/aromatic N) is 1. The van der Waals surface area contributed by atoms with Crippen LogP contribution in [0.3, 0.4) is 0 Å². The highest BCUT2D eigenvalue weighted by Gasteiger charge is 2.25. The largest absolute Gasteiger partial charge is 0.392 e. The normalized spacial score (nSPS) is 24.3. The molecule has 0 radical (unpaired) electrons. The fourth-order valence-corrected chi connectivity index (χ4v) is 1.97. The molecule has 0 saturated carbocycles. The highest BCUT2D eigenvalue weighted by molar-refractivity contribution is 5.95. The van der Waals surface area contributed by atoms with Crippen LogP contribution in [0.1, 0.15) is 27.2 Å². The Morgan fingerprint density at radius 1 is 1.42 bits per heavy atom. The topological polar surface area (TPSA) is 81.7 Å². The zero-order valence-electron chi connectivity index (χ0n) is 12.0. The maximum atomic E-state index is 11.7. The predicted molar refractivity (Wildman–Crippen MR) is 72.6 cm³/mol. The lowest BCUT2D eigenvalue weighted by molar-refractivity contribution is -0.122. The first-order valence-corrected chi connectivity index (χ1v) is 6.86. The van der Waals surface area contributed by atoms with Crippen molar-refractivity contribution in [1.82, 2.24) is 15.5 Å². The van der Waals surface area contributed by atoms with Gasteiger partial charge in [0.2, 0.25) is 5.91 Å². The smallest absolute Gasteiger partial charge is 0.321 e. The summed E-state index contributed by atoms with van der Waals surface area (Å²) in [5.74, 6) is 0.288. The summed E-state index contributed by atoms with van der Waals surface area (Å²) in [6, 6.07) is -0.454. The van der Waals surface area contributed by atoms with Gasteiger partial charge in [0.25, 0.3) is 0 Å². The molecule has 0 aliphatic carbocycles. The molecule has 1 aliphatic rings. The molecule has 0 aromatic carbocycles. The minimum Gasteiger partial charge on any atom is -0.392 e. The third kappa shape index (κ3) is 6.02. The van der Waals surface area contributed by atoms with Crippen molar-refractivity contribution in [2.45, 2.75) is 33.3 Å². The van der Waals surface area contributed by atoms with E-state index >= 15 is 0 Å². The number of imide groups is 1. The molecule has 1 rings (SSSR count). The van der Waals surface area contributed by atoms with E-state index in [0.29, 0.717) is 19.0 Å². The van der Waals surface area contributed by atoms with Gasteiger partial charge in [0.05, 0.1) is 12.6 Å². The molecule has 1 saturated heterocycles. The zero-order valence-corrected chi connectivity index (χ0v) is 12.0. The first kappa shape index (κ1) is 15.9. The van der Waals surface area contributed by atoms with Crippen LogP contribution < -0.4 is 10.6 Å². The predicted octanol–water partition coefficient (Wildman–Crippen LogP) is 0.171. The van der Waals surface area contributed by atoms with Crippen molar-refractivity contribution in [1.29, 1.82) is 0 Å². The summed E-state index contributed by atoms with van der Waals surface area (Å²) in [5.41, 5.74) is 0. The summed E-state index contributed by atoms with van der Waals surface area (Å²) in [5, 5.41) is 14.7. The number of hydrogen-bond donors (Lipinski definition) is 3.